The molecule has 1 aliphatic heterocycles. The number of rotatable bonds is 8. The van der Waals surface area contributed by atoms with Crippen LogP contribution in [0.3, 0.4) is 0 Å². The van der Waals surface area contributed by atoms with Gasteiger partial charge in [0.15, 0.2) is 5.96 Å². The molecular weight excluding hydrogens is 328 g/mol. The average Bonchev–Trinajstić information content (AvgIpc) is 3.12. The number of guanidine groups is 1. The van der Waals surface area contributed by atoms with E-state index >= 15 is 0 Å². The smallest absolute Gasteiger partial charge is 0.225 e. The van der Waals surface area contributed by atoms with Crippen LogP contribution in [0.25, 0.3) is 0 Å². The third-order valence-electron chi connectivity index (χ3n) is 5.23. The monoisotopic (exact) mass is 366 g/mol. The van der Waals surface area contributed by atoms with Crippen molar-refractivity contribution in [2.75, 3.05) is 39.9 Å². The van der Waals surface area contributed by atoms with Gasteiger partial charge in [0.1, 0.15) is 0 Å². The van der Waals surface area contributed by atoms with Crippen LogP contribution in [0.5, 0.6) is 0 Å². The van der Waals surface area contributed by atoms with E-state index in [4.69, 9.17) is 4.74 Å². The summed E-state index contributed by atoms with van der Waals surface area (Å²) in [5, 5.41) is 6.81. The summed E-state index contributed by atoms with van der Waals surface area (Å²) < 4.78 is 5.60. The average molecular weight is 367 g/mol. The molecule has 1 aliphatic carbocycles. The second-order valence-corrected chi connectivity index (χ2v) is 8.07. The largest absolute Gasteiger partial charge is 0.381 e. The molecule has 2 aliphatic rings. The van der Waals surface area contributed by atoms with Gasteiger partial charge in [0.05, 0.1) is 0 Å². The van der Waals surface area contributed by atoms with Crippen molar-refractivity contribution >= 4 is 11.9 Å². The van der Waals surface area contributed by atoms with Gasteiger partial charge in [-0.05, 0) is 31.6 Å². The Morgan fingerprint density at radius 2 is 2.00 bits per heavy atom. The van der Waals surface area contributed by atoms with Gasteiger partial charge in [-0.3, -0.25) is 9.79 Å². The lowest BCUT2D eigenvalue weighted by Gasteiger charge is -2.26. The molecule has 0 bridgehead atoms. The molecular formula is C20H38N4O2. The summed E-state index contributed by atoms with van der Waals surface area (Å²) in [4.78, 5) is 19.0. The molecule has 150 valence electrons. The molecule has 2 fully saturated rings. The minimum atomic E-state index is 0.269. The highest BCUT2D eigenvalue weighted by Crippen LogP contribution is 2.26. The highest BCUT2D eigenvalue weighted by atomic mass is 16.5. The Hall–Kier alpha value is -1.30. The Bertz CT molecular complexity index is 447. The van der Waals surface area contributed by atoms with Crippen molar-refractivity contribution in [3.63, 3.8) is 0 Å². The molecule has 0 spiro atoms. The van der Waals surface area contributed by atoms with Crippen LogP contribution >= 0.6 is 0 Å². The maximum atomic E-state index is 12.7. The second-order valence-electron chi connectivity index (χ2n) is 8.07. The number of carbonyl (C=O) groups is 1. The first-order chi connectivity index (χ1) is 12.6. The van der Waals surface area contributed by atoms with E-state index in [0.717, 1.165) is 64.5 Å². The molecule has 1 unspecified atom stereocenters. The first kappa shape index (κ1) is 21.0. The van der Waals surface area contributed by atoms with Gasteiger partial charge in [-0.15, -0.1) is 0 Å². The maximum absolute atomic E-state index is 12.7. The zero-order valence-electron chi connectivity index (χ0n) is 16.9. The quantitative estimate of drug-likeness (QED) is 0.393. The normalized spacial score (nSPS) is 22.1. The zero-order valence-corrected chi connectivity index (χ0v) is 16.9. The van der Waals surface area contributed by atoms with Gasteiger partial charge in [-0.2, -0.15) is 0 Å². The predicted molar refractivity (Wildman–Crippen MR) is 106 cm³/mol. The molecule has 0 aromatic carbocycles. The topological polar surface area (TPSA) is 66.0 Å². The fourth-order valence-electron chi connectivity index (χ4n) is 3.77. The number of ether oxygens (including phenoxy) is 1. The van der Waals surface area contributed by atoms with Gasteiger partial charge in [0, 0.05) is 51.9 Å². The number of nitrogens with one attached hydrogen (secondary N) is 2. The van der Waals surface area contributed by atoms with E-state index in [2.05, 4.69) is 34.4 Å². The number of hydrogen-bond donors (Lipinski definition) is 2. The van der Waals surface area contributed by atoms with Crippen molar-refractivity contribution in [1.82, 2.24) is 15.5 Å². The zero-order chi connectivity index (χ0) is 18.8. The SMILES string of the molecule is CN=C(NCCCOCC(C)C)NC1CCN(C(=O)C2CCCCC2)C1. The third kappa shape index (κ3) is 7.14. The minimum Gasteiger partial charge on any atom is -0.381 e. The Balaban J connectivity index is 1.63. The molecule has 1 amide bonds. The summed E-state index contributed by atoms with van der Waals surface area (Å²) in [6.07, 6.45) is 7.83. The number of hydrogen-bond acceptors (Lipinski definition) is 3. The van der Waals surface area contributed by atoms with Crippen LogP contribution in [0, 0.1) is 11.8 Å². The summed E-state index contributed by atoms with van der Waals surface area (Å²) in [5.74, 6) is 2.05. The summed E-state index contributed by atoms with van der Waals surface area (Å²) in [7, 11) is 1.80. The molecule has 0 radical (unpaired) electrons. The highest BCUT2D eigenvalue weighted by molar-refractivity contribution is 5.81. The van der Waals surface area contributed by atoms with Gasteiger partial charge in [-0.25, -0.2) is 0 Å². The molecule has 2 rings (SSSR count). The van der Waals surface area contributed by atoms with Gasteiger partial charge in [-0.1, -0.05) is 33.1 Å². The standard InChI is InChI=1S/C20H38N4O2/c1-16(2)15-26-13-7-11-22-20(21-3)23-18-10-12-24(14-18)19(25)17-8-5-4-6-9-17/h16-18H,4-15H2,1-3H3,(H2,21,22,23). The Kier molecular flexibility index (Phi) is 9.23. The third-order valence-corrected chi connectivity index (χ3v) is 5.23. The maximum Gasteiger partial charge on any atom is 0.225 e. The lowest BCUT2D eigenvalue weighted by molar-refractivity contribution is -0.135. The summed E-state index contributed by atoms with van der Waals surface area (Å²) in [6, 6.07) is 0.297. The minimum absolute atomic E-state index is 0.269. The molecule has 1 saturated heterocycles. The molecule has 26 heavy (non-hydrogen) atoms. The number of amides is 1. The highest BCUT2D eigenvalue weighted by Gasteiger charge is 2.31. The van der Waals surface area contributed by atoms with Gasteiger partial charge in [0.25, 0.3) is 0 Å². The van der Waals surface area contributed by atoms with E-state index in [1.54, 1.807) is 7.05 Å². The predicted octanol–water partition coefficient (Wildman–Crippen LogP) is 2.40. The molecule has 6 heteroatoms. The van der Waals surface area contributed by atoms with E-state index in [-0.39, 0.29) is 5.92 Å². The van der Waals surface area contributed by atoms with Crippen LogP contribution in [0.1, 0.15) is 58.8 Å². The van der Waals surface area contributed by atoms with Gasteiger partial charge < -0.3 is 20.3 Å². The van der Waals surface area contributed by atoms with E-state index in [1.807, 2.05) is 0 Å². The van der Waals surface area contributed by atoms with E-state index < -0.39 is 0 Å². The van der Waals surface area contributed by atoms with Crippen molar-refractivity contribution < 1.29 is 9.53 Å². The van der Waals surface area contributed by atoms with Crippen LogP contribution in [0.2, 0.25) is 0 Å². The van der Waals surface area contributed by atoms with Crippen molar-refractivity contribution in [1.29, 1.82) is 0 Å². The first-order valence-corrected chi connectivity index (χ1v) is 10.4. The first-order valence-electron chi connectivity index (χ1n) is 10.4. The van der Waals surface area contributed by atoms with Crippen molar-refractivity contribution in [3.05, 3.63) is 0 Å². The van der Waals surface area contributed by atoms with Crippen molar-refractivity contribution in [2.45, 2.75) is 64.8 Å². The molecule has 1 heterocycles. The molecule has 2 N–H and O–H groups in total. The van der Waals surface area contributed by atoms with Crippen LogP contribution < -0.4 is 10.6 Å². The Morgan fingerprint density at radius 1 is 1.23 bits per heavy atom. The number of aliphatic imine (C=N–C) groups is 1. The Morgan fingerprint density at radius 3 is 2.69 bits per heavy atom. The number of likely N-dealkylation sites (tertiary alicyclic amines) is 1. The van der Waals surface area contributed by atoms with Crippen molar-refractivity contribution in [3.8, 4) is 0 Å². The van der Waals surface area contributed by atoms with Crippen LogP contribution in [-0.2, 0) is 9.53 Å². The van der Waals surface area contributed by atoms with Gasteiger partial charge in [0.2, 0.25) is 5.91 Å². The lowest BCUT2D eigenvalue weighted by Crippen LogP contribution is -2.45. The number of carbonyl (C=O) groups excluding carboxylic acids is 1. The molecule has 6 nitrogen and oxygen atoms in total. The summed E-state index contributed by atoms with van der Waals surface area (Å²) in [5.41, 5.74) is 0. The van der Waals surface area contributed by atoms with E-state index in [1.165, 1.54) is 19.3 Å². The second kappa shape index (κ2) is 11.4. The summed E-state index contributed by atoms with van der Waals surface area (Å²) in [6.45, 7) is 8.42. The fraction of sp³-hybridized carbons (Fsp3) is 0.900. The van der Waals surface area contributed by atoms with E-state index in [9.17, 15) is 4.79 Å². The molecule has 1 atom stereocenters. The van der Waals surface area contributed by atoms with Crippen molar-refractivity contribution in [2.24, 2.45) is 16.8 Å². The van der Waals surface area contributed by atoms with Crippen LogP contribution in [0.4, 0.5) is 0 Å². The van der Waals surface area contributed by atoms with Crippen LogP contribution in [-0.4, -0.2) is 62.7 Å². The Labute approximate surface area is 159 Å². The number of nitrogens with zero attached hydrogens (tertiary/aromatic N) is 2. The van der Waals surface area contributed by atoms with Crippen LogP contribution in [0.15, 0.2) is 4.99 Å². The molecule has 1 saturated carbocycles. The van der Waals surface area contributed by atoms with E-state index in [0.29, 0.717) is 17.9 Å². The summed E-state index contributed by atoms with van der Waals surface area (Å²) >= 11 is 0. The fourth-order valence-corrected chi connectivity index (χ4v) is 3.77. The molecule has 0 aromatic rings. The lowest BCUT2D eigenvalue weighted by atomic mass is 9.88. The van der Waals surface area contributed by atoms with Gasteiger partial charge >= 0.3 is 0 Å². The molecule has 0 aromatic heterocycles.